The molecular formula is C10H15N5. The van der Waals surface area contributed by atoms with Crippen molar-refractivity contribution in [2.75, 3.05) is 5.73 Å². The summed E-state index contributed by atoms with van der Waals surface area (Å²) in [5.74, 6) is 0.684. The van der Waals surface area contributed by atoms with Gasteiger partial charge in [-0.15, -0.1) is 0 Å². The van der Waals surface area contributed by atoms with Gasteiger partial charge >= 0.3 is 0 Å². The lowest BCUT2D eigenvalue weighted by Gasteiger charge is -2.11. The fraction of sp³-hybridized carbons (Fsp3) is 0.400. The predicted molar refractivity (Wildman–Crippen MR) is 58.4 cm³/mol. The van der Waals surface area contributed by atoms with E-state index in [1.807, 2.05) is 37.1 Å². The Morgan fingerprint density at radius 3 is 2.67 bits per heavy atom. The third kappa shape index (κ3) is 1.72. The van der Waals surface area contributed by atoms with E-state index < -0.39 is 0 Å². The number of aromatic nitrogens is 4. The lowest BCUT2D eigenvalue weighted by Crippen LogP contribution is -2.10. The number of anilines is 1. The summed E-state index contributed by atoms with van der Waals surface area (Å²) in [5, 5.41) is 8.48. The molecule has 0 unspecified atom stereocenters. The van der Waals surface area contributed by atoms with Crippen LogP contribution in [0.1, 0.15) is 24.2 Å². The Labute approximate surface area is 88.5 Å². The zero-order chi connectivity index (χ0) is 11.0. The number of nitrogen functional groups attached to an aromatic ring is 1. The molecule has 0 spiro atoms. The van der Waals surface area contributed by atoms with E-state index >= 15 is 0 Å². The molecule has 0 aliphatic rings. The highest BCUT2D eigenvalue weighted by Crippen LogP contribution is 2.20. The van der Waals surface area contributed by atoms with E-state index in [2.05, 4.69) is 17.1 Å². The quantitative estimate of drug-likeness (QED) is 0.799. The Balaban J connectivity index is 2.35. The lowest BCUT2D eigenvalue weighted by molar-refractivity contribution is 0.568. The molecule has 2 N–H and O–H groups in total. The third-order valence-electron chi connectivity index (χ3n) is 2.46. The number of rotatable bonds is 2. The highest BCUT2D eigenvalue weighted by atomic mass is 15.3. The van der Waals surface area contributed by atoms with Crippen LogP contribution in [-0.2, 0) is 7.05 Å². The smallest absolute Gasteiger partial charge is 0.122 e. The highest BCUT2D eigenvalue weighted by molar-refractivity contribution is 5.32. The second-order valence-electron chi connectivity index (χ2n) is 3.78. The van der Waals surface area contributed by atoms with Crippen LogP contribution in [0.4, 0.5) is 5.82 Å². The Morgan fingerprint density at radius 2 is 2.20 bits per heavy atom. The fourth-order valence-electron chi connectivity index (χ4n) is 1.64. The van der Waals surface area contributed by atoms with Crippen LogP contribution in [0.2, 0.25) is 0 Å². The second-order valence-corrected chi connectivity index (χ2v) is 3.78. The van der Waals surface area contributed by atoms with Crippen molar-refractivity contribution in [1.82, 2.24) is 19.6 Å². The topological polar surface area (TPSA) is 61.7 Å². The van der Waals surface area contributed by atoms with Crippen molar-refractivity contribution < 1.29 is 0 Å². The number of aryl methyl sites for hydroxylation is 2. The largest absolute Gasteiger partial charge is 0.384 e. The monoisotopic (exact) mass is 205 g/mol. The first kappa shape index (κ1) is 9.76. The van der Waals surface area contributed by atoms with Crippen LogP contribution in [0, 0.1) is 6.92 Å². The Kier molecular flexibility index (Phi) is 2.22. The van der Waals surface area contributed by atoms with E-state index in [4.69, 9.17) is 5.73 Å². The van der Waals surface area contributed by atoms with Crippen molar-refractivity contribution in [2.24, 2.45) is 7.05 Å². The van der Waals surface area contributed by atoms with Crippen LogP contribution in [0.15, 0.2) is 18.5 Å². The molecular weight excluding hydrogens is 190 g/mol. The van der Waals surface area contributed by atoms with Gasteiger partial charge in [-0.05, 0) is 13.8 Å². The minimum atomic E-state index is 0.118. The summed E-state index contributed by atoms with van der Waals surface area (Å²) in [7, 11) is 1.90. The van der Waals surface area contributed by atoms with E-state index in [1.54, 1.807) is 4.68 Å². The summed E-state index contributed by atoms with van der Waals surface area (Å²) < 4.78 is 3.59. The van der Waals surface area contributed by atoms with E-state index in [-0.39, 0.29) is 6.04 Å². The van der Waals surface area contributed by atoms with E-state index in [0.29, 0.717) is 5.82 Å². The highest BCUT2D eigenvalue weighted by Gasteiger charge is 2.13. The first-order valence-corrected chi connectivity index (χ1v) is 4.88. The minimum absolute atomic E-state index is 0.118. The predicted octanol–water partition coefficient (Wildman–Crippen LogP) is 1.12. The standard InChI is InChI=1S/C10H15N5/c1-7-4-10(11)15(13-7)8(2)9-5-12-14(3)6-9/h4-6,8H,11H2,1-3H3/t8-/m1/s1. The summed E-state index contributed by atoms with van der Waals surface area (Å²) in [6, 6.07) is 1.99. The van der Waals surface area contributed by atoms with Gasteiger partial charge in [-0.1, -0.05) is 0 Å². The van der Waals surface area contributed by atoms with Crippen molar-refractivity contribution >= 4 is 5.82 Å². The second kappa shape index (κ2) is 3.42. The molecule has 0 saturated heterocycles. The fourth-order valence-corrected chi connectivity index (χ4v) is 1.64. The summed E-state index contributed by atoms with van der Waals surface area (Å²) >= 11 is 0. The van der Waals surface area contributed by atoms with Gasteiger partial charge in [0.1, 0.15) is 5.82 Å². The van der Waals surface area contributed by atoms with E-state index in [0.717, 1.165) is 11.3 Å². The molecule has 0 fully saturated rings. The van der Waals surface area contributed by atoms with Crippen molar-refractivity contribution in [2.45, 2.75) is 19.9 Å². The van der Waals surface area contributed by atoms with Crippen molar-refractivity contribution in [3.05, 3.63) is 29.7 Å². The molecule has 2 rings (SSSR count). The molecule has 5 heteroatoms. The van der Waals surface area contributed by atoms with Gasteiger partial charge in [0.2, 0.25) is 0 Å². The average Bonchev–Trinajstić information content (AvgIpc) is 2.71. The molecule has 5 nitrogen and oxygen atoms in total. The minimum Gasteiger partial charge on any atom is -0.384 e. The molecule has 0 saturated carbocycles. The summed E-state index contributed by atoms with van der Waals surface area (Å²) in [4.78, 5) is 0. The van der Waals surface area contributed by atoms with Gasteiger partial charge in [-0.3, -0.25) is 4.68 Å². The number of nitrogens with two attached hydrogens (primary N) is 1. The van der Waals surface area contributed by atoms with Gasteiger partial charge in [-0.25, -0.2) is 4.68 Å². The molecule has 0 aromatic carbocycles. The maximum absolute atomic E-state index is 5.86. The van der Waals surface area contributed by atoms with Gasteiger partial charge in [0.15, 0.2) is 0 Å². The Bertz CT molecular complexity index is 468. The van der Waals surface area contributed by atoms with Crippen LogP contribution < -0.4 is 5.73 Å². The first-order chi connectivity index (χ1) is 7.08. The van der Waals surface area contributed by atoms with Crippen LogP contribution in [-0.4, -0.2) is 19.6 Å². The molecule has 1 atom stereocenters. The lowest BCUT2D eigenvalue weighted by atomic mass is 10.2. The molecule has 15 heavy (non-hydrogen) atoms. The zero-order valence-electron chi connectivity index (χ0n) is 9.18. The van der Waals surface area contributed by atoms with E-state index in [9.17, 15) is 0 Å². The molecule has 0 radical (unpaired) electrons. The third-order valence-corrected chi connectivity index (χ3v) is 2.46. The molecule has 80 valence electrons. The molecule has 2 aromatic heterocycles. The number of hydrogen-bond donors (Lipinski definition) is 1. The summed E-state index contributed by atoms with van der Waals surface area (Å²) in [5.41, 5.74) is 7.90. The maximum Gasteiger partial charge on any atom is 0.122 e. The normalized spacial score (nSPS) is 13.0. The first-order valence-electron chi connectivity index (χ1n) is 4.88. The van der Waals surface area contributed by atoms with Crippen molar-refractivity contribution in [1.29, 1.82) is 0 Å². The molecule has 0 amide bonds. The molecule has 0 aliphatic heterocycles. The maximum atomic E-state index is 5.86. The molecule has 0 bridgehead atoms. The Hall–Kier alpha value is -1.78. The van der Waals surface area contributed by atoms with Gasteiger partial charge in [-0.2, -0.15) is 10.2 Å². The van der Waals surface area contributed by atoms with Gasteiger partial charge in [0, 0.05) is 24.9 Å². The molecule has 2 aromatic rings. The van der Waals surface area contributed by atoms with Gasteiger partial charge in [0.05, 0.1) is 17.9 Å². The Morgan fingerprint density at radius 1 is 1.47 bits per heavy atom. The summed E-state index contributed by atoms with van der Waals surface area (Å²) in [6.45, 7) is 3.99. The van der Waals surface area contributed by atoms with Crippen LogP contribution in [0.3, 0.4) is 0 Å². The SMILES string of the molecule is Cc1cc(N)n([C@H](C)c2cnn(C)c2)n1. The van der Waals surface area contributed by atoms with Crippen molar-refractivity contribution in [3.8, 4) is 0 Å². The van der Waals surface area contributed by atoms with E-state index in [1.165, 1.54) is 0 Å². The number of hydrogen-bond acceptors (Lipinski definition) is 3. The molecule has 0 aliphatic carbocycles. The van der Waals surface area contributed by atoms with Gasteiger partial charge < -0.3 is 5.73 Å². The van der Waals surface area contributed by atoms with Crippen LogP contribution >= 0.6 is 0 Å². The summed E-state index contributed by atoms with van der Waals surface area (Å²) in [6.07, 6.45) is 3.81. The number of nitrogens with zero attached hydrogens (tertiary/aromatic N) is 4. The molecule has 2 heterocycles. The van der Waals surface area contributed by atoms with Gasteiger partial charge in [0.25, 0.3) is 0 Å². The van der Waals surface area contributed by atoms with Crippen LogP contribution in [0.5, 0.6) is 0 Å². The zero-order valence-corrected chi connectivity index (χ0v) is 9.18. The van der Waals surface area contributed by atoms with Crippen molar-refractivity contribution in [3.63, 3.8) is 0 Å². The average molecular weight is 205 g/mol. The van der Waals surface area contributed by atoms with Crippen LogP contribution in [0.25, 0.3) is 0 Å².